The van der Waals surface area contributed by atoms with E-state index < -0.39 is 76.6 Å². The second-order valence-corrected chi connectivity index (χ2v) is 14.6. The normalized spacial score (nSPS) is 20.8. The van der Waals surface area contributed by atoms with Gasteiger partial charge in [0.15, 0.2) is 17.8 Å². The average Bonchev–Trinajstić information content (AvgIpc) is 3.65. The minimum atomic E-state index is -4.35. The number of hydrogen-bond donors (Lipinski definition) is 6. The predicted octanol–water partition coefficient (Wildman–Crippen LogP) is 1.46. The molecule has 2 aromatic carbocycles. The summed E-state index contributed by atoms with van der Waals surface area (Å²) in [7, 11) is -4.35. The minimum absolute atomic E-state index is 0.0764. The number of aliphatic hydroxyl groups excluding tert-OH is 2. The van der Waals surface area contributed by atoms with E-state index in [9.17, 15) is 33.3 Å². The second kappa shape index (κ2) is 16.1. The van der Waals surface area contributed by atoms with Gasteiger partial charge in [0.1, 0.15) is 12.7 Å². The molecule has 2 saturated heterocycles. The number of nitrogens with zero attached hydrogens (tertiary/aromatic N) is 1. The molecule has 47 heavy (non-hydrogen) atoms. The summed E-state index contributed by atoms with van der Waals surface area (Å²) in [5.41, 5.74) is 0.118. The van der Waals surface area contributed by atoms with Crippen molar-refractivity contribution in [1.29, 1.82) is 0 Å². The SMILES string of the molecule is CC(C)(CCCNC(=O)CO)CN(C[C@@H](O)[C@H](Cc1ccccc1)NC(=O)O[C@H]1CO[C@H]2OCC[C@H]21)S(=O)(=O)c1ccc(O)c(O)c1. The number of nitrogens with one attached hydrogen (secondary N) is 2. The Bertz CT molecular complexity index is 1460. The molecule has 2 amide bonds. The molecule has 2 aliphatic rings. The number of benzene rings is 2. The van der Waals surface area contributed by atoms with Gasteiger partial charge in [0.05, 0.1) is 36.2 Å². The molecule has 0 aromatic heterocycles. The van der Waals surface area contributed by atoms with Crippen molar-refractivity contribution in [3.63, 3.8) is 0 Å². The molecule has 0 spiro atoms. The molecular formula is C32H45N3O11S. The van der Waals surface area contributed by atoms with E-state index in [1.165, 1.54) is 0 Å². The van der Waals surface area contributed by atoms with Gasteiger partial charge in [0.2, 0.25) is 15.9 Å². The Labute approximate surface area is 274 Å². The third-order valence-electron chi connectivity index (χ3n) is 8.39. The van der Waals surface area contributed by atoms with Crippen LogP contribution in [0.1, 0.15) is 38.7 Å². The molecule has 0 radical (unpaired) electrons. The summed E-state index contributed by atoms with van der Waals surface area (Å²) in [6.07, 6.45) is -1.35. The summed E-state index contributed by atoms with van der Waals surface area (Å²) >= 11 is 0. The van der Waals surface area contributed by atoms with E-state index in [2.05, 4.69) is 10.6 Å². The molecule has 15 heteroatoms. The number of hydrogen-bond acceptors (Lipinski definition) is 11. The molecule has 260 valence electrons. The van der Waals surface area contributed by atoms with Crippen LogP contribution in [0.3, 0.4) is 0 Å². The molecule has 14 nitrogen and oxygen atoms in total. The Morgan fingerprint density at radius 2 is 1.85 bits per heavy atom. The van der Waals surface area contributed by atoms with Crippen LogP contribution in [-0.2, 0) is 35.4 Å². The van der Waals surface area contributed by atoms with Crippen molar-refractivity contribution in [2.45, 2.75) is 69.0 Å². The third kappa shape index (κ3) is 10.0. The summed E-state index contributed by atoms with van der Waals surface area (Å²) in [5.74, 6) is -1.73. The smallest absolute Gasteiger partial charge is 0.407 e. The quantitative estimate of drug-likeness (QED) is 0.111. The molecule has 2 aromatic rings. The number of aliphatic hydroxyl groups is 2. The molecule has 5 atom stereocenters. The zero-order valence-corrected chi connectivity index (χ0v) is 27.4. The third-order valence-corrected chi connectivity index (χ3v) is 10.2. The van der Waals surface area contributed by atoms with Crippen LogP contribution in [0.15, 0.2) is 53.4 Å². The van der Waals surface area contributed by atoms with Crippen molar-refractivity contribution in [1.82, 2.24) is 14.9 Å². The zero-order valence-electron chi connectivity index (χ0n) is 26.6. The molecule has 2 heterocycles. The molecule has 2 fully saturated rings. The first-order valence-corrected chi connectivity index (χ1v) is 17.0. The molecular weight excluding hydrogens is 634 g/mol. The van der Waals surface area contributed by atoms with E-state index >= 15 is 0 Å². The van der Waals surface area contributed by atoms with Crippen LogP contribution >= 0.6 is 0 Å². The van der Waals surface area contributed by atoms with Gasteiger partial charge < -0.3 is 45.3 Å². The van der Waals surface area contributed by atoms with Crippen LogP contribution in [0.25, 0.3) is 0 Å². The lowest BCUT2D eigenvalue weighted by Gasteiger charge is -2.35. The van der Waals surface area contributed by atoms with Gasteiger partial charge in [-0.15, -0.1) is 0 Å². The van der Waals surface area contributed by atoms with Gasteiger partial charge in [0.25, 0.3) is 0 Å². The standard InChI is InChI=1S/C32H45N3O11S/c1-32(2,12-6-13-33-29(40)18-36)20-35(47(42,43)22-9-10-25(37)26(38)16-22)17-27(39)24(15-21-7-4-3-5-8-21)34-31(41)46-28-19-45-30-23(28)11-14-44-30/h3-5,7-10,16,23-24,27-28,30,36-39H,6,11-15,17-20H2,1-2H3,(H,33,40)(H,34,41)/t23-,24-,27+,28-,30+/m0/s1. The number of amides is 2. The maximum atomic E-state index is 14.0. The monoisotopic (exact) mass is 679 g/mol. The fourth-order valence-corrected chi connectivity index (χ4v) is 7.49. The zero-order chi connectivity index (χ0) is 34.2. The topological polar surface area (TPSA) is 204 Å². The fraction of sp³-hybridized carbons (Fsp3) is 0.562. The van der Waals surface area contributed by atoms with Crippen molar-refractivity contribution in [3.8, 4) is 11.5 Å². The lowest BCUT2D eigenvalue weighted by atomic mass is 9.87. The Hall–Kier alpha value is -3.47. The number of rotatable bonds is 16. The first-order chi connectivity index (χ1) is 22.3. The van der Waals surface area contributed by atoms with E-state index in [0.29, 0.717) is 25.9 Å². The van der Waals surface area contributed by atoms with Gasteiger partial charge in [-0.1, -0.05) is 44.2 Å². The van der Waals surface area contributed by atoms with E-state index in [1.54, 1.807) is 0 Å². The number of aromatic hydroxyl groups is 2. The van der Waals surface area contributed by atoms with Crippen LogP contribution in [0.5, 0.6) is 11.5 Å². The largest absolute Gasteiger partial charge is 0.504 e. The fourth-order valence-electron chi connectivity index (χ4n) is 5.83. The number of phenolic OH excluding ortho intramolecular Hbond substituents is 2. The molecule has 0 unspecified atom stereocenters. The number of fused-ring (bicyclic) bond motifs is 1. The Kier molecular flexibility index (Phi) is 12.4. The molecule has 0 bridgehead atoms. The second-order valence-electron chi connectivity index (χ2n) is 12.7. The van der Waals surface area contributed by atoms with Crippen LogP contribution in [0.4, 0.5) is 4.79 Å². The highest BCUT2D eigenvalue weighted by Crippen LogP contribution is 2.34. The van der Waals surface area contributed by atoms with Crippen LogP contribution in [-0.4, -0.2) is 109 Å². The number of carbonyl (C=O) groups excluding carboxylic acids is 2. The molecule has 6 N–H and O–H groups in total. The molecule has 0 saturated carbocycles. The van der Waals surface area contributed by atoms with Crippen molar-refractivity contribution in [3.05, 3.63) is 54.1 Å². The van der Waals surface area contributed by atoms with E-state index in [1.807, 2.05) is 44.2 Å². The summed E-state index contributed by atoms with van der Waals surface area (Å²) in [6.45, 7) is 3.49. The maximum Gasteiger partial charge on any atom is 0.407 e. The van der Waals surface area contributed by atoms with Crippen molar-refractivity contribution < 1.29 is 52.6 Å². The lowest BCUT2D eigenvalue weighted by Crippen LogP contribution is -2.52. The van der Waals surface area contributed by atoms with E-state index in [-0.39, 0.29) is 36.9 Å². The summed E-state index contributed by atoms with van der Waals surface area (Å²) in [6, 6.07) is 11.3. The molecule has 4 rings (SSSR count). The van der Waals surface area contributed by atoms with E-state index in [0.717, 1.165) is 28.1 Å². The summed E-state index contributed by atoms with van der Waals surface area (Å²) in [4.78, 5) is 24.3. The highest BCUT2D eigenvalue weighted by molar-refractivity contribution is 7.89. The number of alkyl carbamates (subject to hydrolysis) is 1. The molecule has 2 aliphatic heterocycles. The lowest BCUT2D eigenvalue weighted by molar-refractivity contribution is -0.123. The number of sulfonamides is 1. The van der Waals surface area contributed by atoms with Gasteiger partial charge >= 0.3 is 6.09 Å². The van der Waals surface area contributed by atoms with Crippen LogP contribution < -0.4 is 10.6 Å². The van der Waals surface area contributed by atoms with Crippen molar-refractivity contribution in [2.24, 2.45) is 11.3 Å². The van der Waals surface area contributed by atoms with Gasteiger partial charge in [0, 0.05) is 25.7 Å². The van der Waals surface area contributed by atoms with Gasteiger partial charge in [-0.2, -0.15) is 4.31 Å². The van der Waals surface area contributed by atoms with Gasteiger partial charge in [-0.3, -0.25) is 4.79 Å². The number of phenols is 2. The highest BCUT2D eigenvalue weighted by atomic mass is 32.2. The Morgan fingerprint density at radius 3 is 2.55 bits per heavy atom. The Morgan fingerprint density at radius 1 is 1.11 bits per heavy atom. The van der Waals surface area contributed by atoms with Gasteiger partial charge in [-0.05, 0) is 48.8 Å². The minimum Gasteiger partial charge on any atom is -0.504 e. The van der Waals surface area contributed by atoms with Crippen molar-refractivity contribution in [2.75, 3.05) is 39.5 Å². The first kappa shape index (κ1) is 36.4. The molecule has 0 aliphatic carbocycles. The summed E-state index contributed by atoms with van der Waals surface area (Å²) in [5, 5.41) is 45.8. The highest BCUT2D eigenvalue weighted by Gasteiger charge is 2.44. The Balaban J connectivity index is 1.55. The first-order valence-electron chi connectivity index (χ1n) is 15.6. The van der Waals surface area contributed by atoms with Crippen LogP contribution in [0.2, 0.25) is 0 Å². The van der Waals surface area contributed by atoms with Crippen molar-refractivity contribution >= 4 is 22.0 Å². The van der Waals surface area contributed by atoms with E-state index in [4.69, 9.17) is 19.3 Å². The summed E-state index contributed by atoms with van der Waals surface area (Å²) < 4.78 is 45.9. The average molecular weight is 680 g/mol. The maximum absolute atomic E-state index is 14.0. The predicted molar refractivity (Wildman–Crippen MR) is 169 cm³/mol. The van der Waals surface area contributed by atoms with Gasteiger partial charge in [-0.25, -0.2) is 13.2 Å². The number of carbonyl (C=O) groups is 2. The number of ether oxygens (including phenoxy) is 3. The van der Waals surface area contributed by atoms with Crippen LogP contribution in [0, 0.1) is 11.3 Å².